The highest BCUT2D eigenvalue weighted by atomic mass is 16.7. The minimum absolute atomic E-state index is 0.0431. The van der Waals surface area contributed by atoms with Gasteiger partial charge in [0.1, 0.15) is 5.75 Å². The molecule has 33 heavy (non-hydrogen) atoms. The van der Waals surface area contributed by atoms with Crippen molar-refractivity contribution in [3.63, 3.8) is 0 Å². The highest BCUT2D eigenvalue weighted by molar-refractivity contribution is 5.55. The number of aliphatic hydroxyl groups is 1. The topological polar surface area (TPSA) is 75.6 Å². The molecule has 4 rings (SSSR count). The number of aliphatic hydroxyl groups excluding tert-OH is 1. The van der Waals surface area contributed by atoms with Crippen molar-refractivity contribution in [3.05, 3.63) is 17.7 Å². The summed E-state index contributed by atoms with van der Waals surface area (Å²) in [6.45, 7) is 8.09. The lowest BCUT2D eigenvalue weighted by molar-refractivity contribution is -0.305. The maximum absolute atomic E-state index is 12.2. The van der Waals surface area contributed by atoms with Crippen LogP contribution in [0.2, 0.25) is 0 Å². The second-order valence-electron chi connectivity index (χ2n) is 10.3. The summed E-state index contributed by atoms with van der Waals surface area (Å²) in [5.74, 6) is 1.49. The number of methoxy groups -OCH3 is 3. The zero-order valence-corrected chi connectivity index (χ0v) is 20.9. The smallest absolute Gasteiger partial charge is 0.188 e. The molecule has 7 heteroatoms. The first-order valence-electron chi connectivity index (χ1n) is 12.1. The molecule has 1 heterocycles. The standard InChI is InChI=1S/C26H40O7/c1-17-11-13-24(2)20(8-7-12-26(24)32-14-15-33-26)25(17,3)23(27)21-18(29-5)9-10-19(30-6)22(21)31-16-28-4/h9-10,17,20,23,27H,7-8,11-16H2,1-6H3/t17-,20+,23?,24-,25+/m0/s1. The van der Waals surface area contributed by atoms with Gasteiger partial charge in [-0.15, -0.1) is 0 Å². The van der Waals surface area contributed by atoms with E-state index in [1.165, 1.54) is 0 Å². The Morgan fingerprint density at radius 2 is 1.70 bits per heavy atom. The van der Waals surface area contributed by atoms with Crippen molar-refractivity contribution in [3.8, 4) is 17.2 Å². The summed E-state index contributed by atoms with van der Waals surface area (Å²) in [5.41, 5.74) is -0.0371. The Morgan fingerprint density at radius 1 is 1.03 bits per heavy atom. The molecule has 2 saturated carbocycles. The van der Waals surface area contributed by atoms with E-state index < -0.39 is 17.3 Å². The molecule has 7 nitrogen and oxygen atoms in total. The number of hydrogen-bond donors (Lipinski definition) is 1. The predicted octanol–water partition coefficient (Wildman–Crippen LogP) is 4.71. The number of benzene rings is 1. The molecule has 186 valence electrons. The van der Waals surface area contributed by atoms with Crippen molar-refractivity contribution in [1.29, 1.82) is 0 Å². The van der Waals surface area contributed by atoms with Crippen molar-refractivity contribution >= 4 is 0 Å². The molecule has 1 unspecified atom stereocenters. The van der Waals surface area contributed by atoms with Gasteiger partial charge in [0.05, 0.1) is 39.1 Å². The highest BCUT2D eigenvalue weighted by Gasteiger charge is 2.66. The summed E-state index contributed by atoms with van der Waals surface area (Å²) in [4.78, 5) is 0. The lowest BCUT2D eigenvalue weighted by Crippen LogP contribution is -2.62. The Morgan fingerprint density at radius 3 is 2.33 bits per heavy atom. The summed E-state index contributed by atoms with van der Waals surface area (Å²) >= 11 is 0. The fourth-order valence-corrected chi connectivity index (χ4v) is 7.07. The van der Waals surface area contributed by atoms with Crippen molar-refractivity contribution in [2.45, 2.75) is 64.8 Å². The summed E-state index contributed by atoms with van der Waals surface area (Å²) in [6.07, 6.45) is 4.09. The van der Waals surface area contributed by atoms with Crippen molar-refractivity contribution in [1.82, 2.24) is 0 Å². The van der Waals surface area contributed by atoms with Crippen molar-refractivity contribution < 1.29 is 33.5 Å². The predicted molar refractivity (Wildman–Crippen MR) is 124 cm³/mol. The van der Waals surface area contributed by atoms with E-state index in [9.17, 15) is 5.11 Å². The van der Waals surface area contributed by atoms with Crippen molar-refractivity contribution in [2.24, 2.45) is 22.7 Å². The van der Waals surface area contributed by atoms with Crippen LogP contribution in [0.15, 0.2) is 12.1 Å². The molecule has 0 radical (unpaired) electrons. The highest BCUT2D eigenvalue weighted by Crippen LogP contribution is 2.68. The van der Waals surface area contributed by atoms with Crippen LogP contribution >= 0.6 is 0 Å². The molecule has 5 atom stereocenters. The quantitative estimate of drug-likeness (QED) is 0.586. The summed E-state index contributed by atoms with van der Waals surface area (Å²) in [6, 6.07) is 3.63. The molecule has 1 aromatic rings. The van der Waals surface area contributed by atoms with Crippen LogP contribution in [-0.4, -0.2) is 52.2 Å². The molecule has 0 amide bonds. The molecule has 0 bridgehead atoms. The van der Waals surface area contributed by atoms with Gasteiger partial charge in [-0.05, 0) is 49.7 Å². The van der Waals surface area contributed by atoms with Gasteiger partial charge in [0.25, 0.3) is 0 Å². The van der Waals surface area contributed by atoms with Gasteiger partial charge in [-0.25, -0.2) is 0 Å². The van der Waals surface area contributed by atoms with E-state index in [0.29, 0.717) is 36.0 Å². The third-order valence-electron chi connectivity index (χ3n) is 9.04. The molecule has 1 aromatic carbocycles. The Balaban J connectivity index is 1.83. The first kappa shape index (κ1) is 24.6. The SMILES string of the molecule is COCOc1c(OC)ccc(OC)c1C(O)[C@]1(C)[C@@H](C)CC[C@@]2(C)[C@H]1CCCC21OCCO1. The Kier molecular flexibility index (Phi) is 6.89. The largest absolute Gasteiger partial charge is 0.496 e. The van der Waals surface area contributed by atoms with Gasteiger partial charge in [-0.1, -0.05) is 20.8 Å². The number of hydrogen-bond acceptors (Lipinski definition) is 7. The van der Waals surface area contributed by atoms with E-state index in [1.54, 1.807) is 27.4 Å². The van der Waals surface area contributed by atoms with Crippen LogP contribution in [0.25, 0.3) is 0 Å². The van der Waals surface area contributed by atoms with Crippen LogP contribution in [0.4, 0.5) is 0 Å². The minimum Gasteiger partial charge on any atom is -0.496 e. The van der Waals surface area contributed by atoms with Crippen LogP contribution in [0.3, 0.4) is 0 Å². The van der Waals surface area contributed by atoms with Gasteiger partial charge in [0.2, 0.25) is 0 Å². The molecule has 3 aliphatic rings. The van der Waals surface area contributed by atoms with E-state index in [1.807, 2.05) is 6.07 Å². The van der Waals surface area contributed by atoms with E-state index in [4.69, 9.17) is 28.4 Å². The summed E-state index contributed by atoms with van der Waals surface area (Å²) in [5, 5.41) is 12.2. The Bertz CT molecular complexity index is 836. The van der Waals surface area contributed by atoms with Crippen LogP contribution < -0.4 is 14.2 Å². The zero-order chi connectivity index (χ0) is 23.9. The fraction of sp³-hybridized carbons (Fsp3) is 0.769. The summed E-state index contributed by atoms with van der Waals surface area (Å²) in [7, 11) is 4.78. The molecule has 1 N–H and O–H groups in total. The van der Waals surface area contributed by atoms with Gasteiger partial charge < -0.3 is 33.5 Å². The maximum atomic E-state index is 12.2. The van der Waals surface area contributed by atoms with E-state index >= 15 is 0 Å². The molecule has 0 aromatic heterocycles. The van der Waals surface area contributed by atoms with Crippen LogP contribution in [-0.2, 0) is 14.2 Å². The third-order valence-corrected chi connectivity index (χ3v) is 9.04. The number of fused-ring (bicyclic) bond motifs is 2. The van der Waals surface area contributed by atoms with Crippen LogP contribution in [0, 0.1) is 22.7 Å². The molecular weight excluding hydrogens is 424 g/mol. The lowest BCUT2D eigenvalue weighted by Gasteiger charge is -2.63. The minimum atomic E-state index is -0.842. The average molecular weight is 465 g/mol. The lowest BCUT2D eigenvalue weighted by atomic mass is 9.44. The molecule has 3 fully saturated rings. The summed E-state index contributed by atoms with van der Waals surface area (Å²) < 4.78 is 35.1. The molecule has 1 spiro atoms. The maximum Gasteiger partial charge on any atom is 0.188 e. The van der Waals surface area contributed by atoms with Gasteiger partial charge >= 0.3 is 0 Å². The average Bonchev–Trinajstić information content (AvgIpc) is 3.30. The van der Waals surface area contributed by atoms with Gasteiger partial charge in [0.15, 0.2) is 24.1 Å². The Labute approximate surface area is 197 Å². The molecular formula is C26H40O7. The molecule has 1 saturated heterocycles. The first-order chi connectivity index (χ1) is 15.8. The second kappa shape index (κ2) is 9.25. The van der Waals surface area contributed by atoms with Gasteiger partial charge in [-0.2, -0.15) is 0 Å². The van der Waals surface area contributed by atoms with Gasteiger partial charge in [0, 0.05) is 24.4 Å². The second-order valence-corrected chi connectivity index (χ2v) is 10.3. The van der Waals surface area contributed by atoms with E-state index in [0.717, 1.165) is 32.1 Å². The van der Waals surface area contributed by atoms with Crippen molar-refractivity contribution in [2.75, 3.05) is 41.3 Å². The van der Waals surface area contributed by atoms with E-state index in [2.05, 4.69) is 20.8 Å². The zero-order valence-electron chi connectivity index (χ0n) is 20.9. The fourth-order valence-electron chi connectivity index (χ4n) is 7.07. The first-order valence-corrected chi connectivity index (χ1v) is 12.1. The van der Waals surface area contributed by atoms with E-state index in [-0.39, 0.29) is 24.0 Å². The number of rotatable bonds is 7. The molecule has 1 aliphatic heterocycles. The monoisotopic (exact) mass is 464 g/mol. The normalized spacial score (nSPS) is 34.0. The Hall–Kier alpha value is -1.54. The number of ether oxygens (including phenoxy) is 6. The molecule has 2 aliphatic carbocycles. The van der Waals surface area contributed by atoms with Crippen LogP contribution in [0.5, 0.6) is 17.2 Å². The third kappa shape index (κ3) is 3.63. The van der Waals surface area contributed by atoms with Crippen LogP contribution in [0.1, 0.15) is 64.5 Å². The van der Waals surface area contributed by atoms with Gasteiger partial charge in [-0.3, -0.25) is 0 Å².